The van der Waals surface area contributed by atoms with Crippen LogP contribution in [0.2, 0.25) is 0 Å². The topological polar surface area (TPSA) is 107 Å². The Bertz CT molecular complexity index is 1190. The molecule has 5 rings (SSSR count). The van der Waals surface area contributed by atoms with Gasteiger partial charge in [0.15, 0.2) is 11.5 Å². The number of carbonyl (C=O) groups excluding carboxylic acids is 2. The first-order valence-electron chi connectivity index (χ1n) is 10.2. The predicted molar refractivity (Wildman–Crippen MR) is 113 cm³/mol. The number of ketones is 1. The molecule has 3 aromatic rings. The largest absolute Gasteiger partial charge is 0.507 e. The monoisotopic (exact) mass is 432 g/mol. The van der Waals surface area contributed by atoms with Gasteiger partial charge in [-0.05, 0) is 36.8 Å². The molecule has 1 amide bonds. The van der Waals surface area contributed by atoms with Crippen LogP contribution in [0.25, 0.3) is 5.76 Å². The number of aliphatic hydroxyl groups is 1. The van der Waals surface area contributed by atoms with Crippen LogP contribution in [0, 0.1) is 0 Å². The second-order valence-corrected chi connectivity index (χ2v) is 7.47. The summed E-state index contributed by atoms with van der Waals surface area (Å²) in [6.07, 6.45) is 7.43. The van der Waals surface area contributed by atoms with Crippen LogP contribution in [0.15, 0.2) is 66.9 Å². The zero-order chi connectivity index (χ0) is 22.1. The standard InChI is InChI=1S/C23H20N4O5/c28-21(15-5-6-17-18(12-15)32-14-31-17)19-20(16-4-1-2-7-25-16)27(23(30)22(19)29)10-3-9-26-11-8-24-13-26/h1-2,4-8,11-13,20,28H,3,9-10,14H2. The highest BCUT2D eigenvalue weighted by Crippen LogP contribution is 2.40. The Morgan fingerprint density at radius 3 is 2.75 bits per heavy atom. The fourth-order valence-corrected chi connectivity index (χ4v) is 4.00. The van der Waals surface area contributed by atoms with Gasteiger partial charge in [0.2, 0.25) is 6.79 Å². The number of Topliss-reactive ketones (excluding diaryl/α,β-unsaturated/α-hetero) is 1. The molecule has 32 heavy (non-hydrogen) atoms. The molecule has 2 aliphatic rings. The Labute approximate surface area is 183 Å². The second-order valence-electron chi connectivity index (χ2n) is 7.47. The number of benzene rings is 1. The fourth-order valence-electron chi connectivity index (χ4n) is 4.00. The SMILES string of the molecule is O=C1C(=O)N(CCCn2ccnc2)C(c2ccccn2)C1=C(O)c1ccc2c(c1)OCO2. The van der Waals surface area contributed by atoms with Crippen molar-refractivity contribution in [1.29, 1.82) is 0 Å². The maximum Gasteiger partial charge on any atom is 0.295 e. The van der Waals surface area contributed by atoms with E-state index < -0.39 is 17.7 Å². The van der Waals surface area contributed by atoms with E-state index >= 15 is 0 Å². The highest BCUT2D eigenvalue weighted by Gasteiger charge is 2.46. The van der Waals surface area contributed by atoms with Crippen LogP contribution in [0.4, 0.5) is 0 Å². The van der Waals surface area contributed by atoms with Gasteiger partial charge in [0.1, 0.15) is 11.8 Å². The molecule has 0 spiro atoms. The number of hydrogen-bond acceptors (Lipinski definition) is 7. The number of aliphatic hydroxyl groups excluding tert-OH is 1. The van der Waals surface area contributed by atoms with E-state index in [1.54, 1.807) is 55.1 Å². The van der Waals surface area contributed by atoms with Crippen molar-refractivity contribution >= 4 is 17.4 Å². The van der Waals surface area contributed by atoms with Crippen molar-refractivity contribution < 1.29 is 24.2 Å². The quantitative estimate of drug-likeness (QED) is 0.362. The number of ether oxygens (including phenoxy) is 2. The summed E-state index contributed by atoms with van der Waals surface area (Å²) >= 11 is 0. The molecule has 0 aliphatic carbocycles. The number of carbonyl (C=O) groups is 2. The molecule has 162 valence electrons. The van der Waals surface area contributed by atoms with E-state index in [0.29, 0.717) is 42.3 Å². The van der Waals surface area contributed by atoms with Gasteiger partial charge in [-0.2, -0.15) is 0 Å². The first-order valence-corrected chi connectivity index (χ1v) is 10.2. The molecule has 9 nitrogen and oxygen atoms in total. The van der Waals surface area contributed by atoms with Crippen molar-refractivity contribution in [3.8, 4) is 11.5 Å². The number of amides is 1. The lowest BCUT2D eigenvalue weighted by atomic mass is 9.98. The van der Waals surface area contributed by atoms with Gasteiger partial charge >= 0.3 is 0 Å². The number of pyridine rings is 1. The molecule has 1 aromatic carbocycles. The van der Waals surface area contributed by atoms with Crippen LogP contribution in [0.3, 0.4) is 0 Å². The molecular weight excluding hydrogens is 412 g/mol. The van der Waals surface area contributed by atoms with Gasteiger partial charge in [-0.15, -0.1) is 0 Å². The van der Waals surface area contributed by atoms with Crippen molar-refractivity contribution in [2.45, 2.75) is 19.0 Å². The van der Waals surface area contributed by atoms with Crippen LogP contribution in [0.1, 0.15) is 23.7 Å². The van der Waals surface area contributed by atoms with Gasteiger partial charge in [-0.25, -0.2) is 4.98 Å². The number of nitrogens with zero attached hydrogens (tertiary/aromatic N) is 4. The van der Waals surface area contributed by atoms with Crippen molar-refractivity contribution in [2.75, 3.05) is 13.3 Å². The number of fused-ring (bicyclic) bond motifs is 1. The van der Waals surface area contributed by atoms with Crippen molar-refractivity contribution in [2.24, 2.45) is 0 Å². The van der Waals surface area contributed by atoms with E-state index in [1.807, 2.05) is 10.8 Å². The molecule has 1 fully saturated rings. The van der Waals surface area contributed by atoms with Gasteiger partial charge in [0.25, 0.3) is 11.7 Å². The second kappa shape index (κ2) is 8.18. The lowest BCUT2D eigenvalue weighted by Gasteiger charge is -2.24. The summed E-state index contributed by atoms with van der Waals surface area (Å²) in [5, 5.41) is 11.1. The lowest BCUT2D eigenvalue weighted by Crippen LogP contribution is -2.31. The van der Waals surface area contributed by atoms with E-state index in [2.05, 4.69) is 9.97 Å². The molecular formula is C23H20N4O5. The Morgan fingerprint density at radius 2 is 1.97 bits per heavy atom. The first kappa shape index (κ1) is 19.8. The van der Waals surface area contributed by atoms with E-state index in [-0.39, 0.29) is 18.1 Å². The Morgan fingerprint density at radius 1 is 1.09 bits per heavy atom. The van der Waals surface area contributed by atoms with Gasteiger partial charge < -0.3 is 24.0 Å². The van der Waals surface area contributed by atoms with Gasteiger partial charge in [0.05, 0.1) is 17.6 Å². The molecule has 4 heterocycles. The summed E-state index contributed by atoms with van der Waals surface area (Å²) in [4.78, 5) is 35.8. The summed E-state index contributed by atoms with van der Waals surface area (Å²) in [7, 11) is 0. The van der Waals surface area contributed by atoms with Gasteiger partial charge in [-0.3, -0.25) is 14.6 Å². The summed E-state index contributed by atoms with van der Waals surface area (Å²) in [5.41, 5.74) is 0.887. The highest BCUT2D eigenvalue weighted by molar-refractivity contribution is 6.46. The highest BCUT2D eigenvalue weighted by atomic mass is 16.7. The maximum absolute atomic E-state index is 13.0. The molecule has 1 saturated heterocycles. The molecule has 1 atom stereocenters. The zero-order valence-electron chi connectivity index (χ0n) is 17.0. The van der Waals surface area contributed by atoms with Crippen LogP contribution in [-0.2, 0) is 16.1 Å². The van der Waals surface area contributed by atoms with Crippen molar-refractivity contribution in [1.82, 2.24) is 19.4 Å². The Hall–Kier alpha value is -4.14. The average molecular weight is 432 g/mol. The lowest BCUT2D eigenvalue weighted by molar-refractivity contribution is -0.140. The zero-order valence-corrected chi connectivity index (χ0v) is 17.0. The Kier molecular flexibility index (Phi) is 5.06. The van der Waals surface area contributed by atoms with Crippen molar-refractivity contribution in [3.05, 3.63) is 78.1 Å². The van der Waals surface area contributed by atoms with E-state index in [9.17, 15) is 14.7 Å². The minimum Gasteiger partial charge on any atom is -0.507 e. The van der Waals surface area contributed by atoms with Crippen molar-refractivity contribution in [3.63, 3.8) is 0 Å². The van der Waals surface area contributed by atoms with E-state index in [1.165, 1.54) is 4.90 Å². The van der Waals surface area contributed by atoms with Gasteiger partial charge in [-0.1, -0.05) is 6.07 Å². The minimum absolute atomic E-state index is 0.00944. The molecule has 0 radical (unpaired) electrons. The number of likely N-dealkylation sites (tertiary alicyclic amines) is 1. The van der Waals surface area contributed by atoms with Crippen LogP contribution < -0.4 is 9.47 Å². The molecule has 1 unspecified atom stereocenters. The molecule has 2 aliphatic heterocycles. The maximum atomic E-state index is 13.0. The predicted octanol–water partition coefficient (Wildman–Crippen LogP) is 2.52. The van der Waals surface area contributed by atoms with E-state index in [4.69, 9.17) is 9.47 Å². The molecule has 2 aromatic heterocycles. The third kappa shape index (κ3) is 3.47. The molecule has 0 bridgehead atoms. The van der Waals surface area contributed by atoms with E-state index in [0.717, 1.165) is 0 Å². The first-order chi connectivity index (χ1) is 15.6. The molecule has 9 heteroatoms. The number of imidazole rings is 1. The number of hydrogen-bond donors (Lipinski definition) is 1. The number of aromatic nitrogens is 3. The normalized spacial score (nSPS) is 19.0. The van der Waals surface area contributed by atoms with Crippen LogP contribution in [-0.4, -0.2) is 49.6 Å². The average Bonchev–Trinajstić information content (AvgIpc) is 3.55. The smallest absolute Gasteiger partial charge is 0.295 e. The summed E-state index contributed by atoms with van der Waals surface area (Å²) in [5.74, 6) is -0.637. The summed E-state index contributed by atoms with van der Waals surface area (Å²) < 4.78 is 12.6. The summed E-state index contributed by atoms with van der Waals surface area (Å²) in [6.45, 7) is 1.05. The fraction of sp³-hybridized carbons (Fsp3) is 0.217. The van der Waals surface area contributed by atoms with Crippen LogP contribution in [0.5, 0.6) is 11.5 Å². The summed E-state index contributed by atoms with van der Waals surface area (Å²) in [6, 6.07) is 9.39. The number of rotatable bonds is 6. The third-order valence-electron chi connectivity index (χ3n) is 5.53. The van der Waals surface area contributed by atoms with Crippen LogP contribution >= 0.6 is 0 Å². The minimum atomic E-state index is -0.788. The molecule has 1 N–H and O–H groups in total. The Balaban J connectivity index is 1.52. The number of aryl methyl sites for hydroxylation is 1. The van der Waals surface area contributed by atoms with Gasteiger partial charge in [0, 0.05) is 37.2 Å². The molecule has 0 saturated carbocycles. The third-order valence-corrected chi connectivity index (χ3v) is 5.53.